The second kappa shape index (κ2) is 8.06. The molecule has 0 atom stereocenters. The van der Waals surface area contributed by atoms with Crippen molar-refractivity contribution in [1.82, 2.24) is 4.98 Å². The molecule has 1 heterocycles. The van der Waals surface area contributed by atoms with E-state index in [2.05, 4.69) is 15.0 Å². The van der Waals surface area contributed by atoms with Crippen molar-refractivity contribution in [3.8, 4) is 17.0 Å². The number of aromatic nitrogens is 1. The molecule has 29 heavy (non-hydrogen) atoms. The molecule has 0 spiro atoms. The highest BCUT2D eigenvalue weighted by Gasteiger charge is 2.14. The number of carbonyl (C=O) groups is 1. The molecule has 6 heteroatoms. The largest absolute Gasteiger partial charge is 0.435 e. The Kier molecular flexibility index (Phi) is 5.16. The maximum Gasteiger partial charge on any atom is 0.387 e. The molecular formula is C23H16F2N2O2. The number of amides is 1. The van der Waals surface area contributed by atoms with Gasteiger partial charge >= 0.3 is 6.61 Å². The smallest absolute Gasteiger partial charge is 0.387 e. The van der Waals surface area contributed by atoms with Gasteiger partial charge in [0.2, 0.25) is 0 Å². The van der Waals surface area contributed by atoms with Gasteiger partial charge in [-0.05, 0) is 36.4 Å². The topological polar surface area (TPSA) is 51.2 Å². The Hall–Kier alpha value is -3.80. The van der Waals surface area contributed by atoms with Crippen molar-refractivity contribution in [3.63, 3.8) is 0 Å². The highest BCUT2D eigenvalue weighted by atomic mass is 19.3. The fourth-order valence-corrected chi connectivity index (χ4v) is 3.04. The first-order valence-corrected chi connectivity index (χ1v) is 8.91. The predicted molar refractivity (Wildman–Crippen MR) is 108 cm³/mol. The average Bonchev–Trinajstić information content (AvgIpc) is 2.74. The number of hydrogen-bond acceptors (Lipinski definition) is 3. The van der Waals surface area contributed by atoms with E-state index in [-0.39, 0.29) is 11.7 Å². The van der Waals surface area contributed by atoms with Gasteiger partial charge in [-0.25, -0.2) is 4.98 Å². The third-order valence-electron chi connectivity index (χ3n) is 4.37. The maximum absolute atomic E-state index is 13.0. The SMILES string of the molecule is O=C(Nc1ccc(OC(F)F)cc1)c1cc(-c2ccccc2)nc2ccccc12. The predicted octanol–water partition coefficient (Wildman–Crippen LogP) is 5.76. The molecule has 4 nitrogen and oxygen atoms in total. The van der Waals surface area contributed by atoms with Crippen LogP contribution in [0, 0.1) is 0 Å². The van der Waals surface area contributed by atoms with E-state index in [1.54, 1.807) is 6.07 Å². The van der Waals surface area contributed by atoms with Crippen molar-refractivity contribution < 1.29 is 18.3 Å². The summed E-state index contributed by atoms with van der Waals surface area (Å²) in [5.41, 5.74) is 3.25. The summed E-state index contributed by atoms with van der Waals surface area (Å²) in [5.74, 6) is -0.290. The van der Waals surface area contributed by atoms with Crippen LogP contribution < -0.4 is 10.1 Å². The molecule has 0 fully saturated rings. The first kappa shape index (κ1) is 18.6. The van der Waals surface area contributed by atoms with Gasteiger partial charge in [-0.2, -0.15) is 8.78 Å². The zero-order valence-corrected chi connectivity index (χ0v) is 15.2. The van der Waals surface area contributed by atoms with Crippen LogP contribution in [0.3, 0.4) is 0 Å². The van der Waals surface area contributed by atoms with Gasteiger partial charge in [0.05, 0.1) is 16.8 Å². The Morgan fingerprint density at radius 1 is 0.897 bits per heavy atom. The number of fused-ring (bicyclic) bond motifs is 1. The molecule has 0 saturated carbocycles. The van der Waals surface area contributed by atoms with Crippen LogP contribution in [0.2, 0.25) is 0 Å². The molecule has 0 aliphatic carbocycles. The number of pyridine rings is 1. The normalized spacial score (nSPS) is 10.9. The molecule has 1 N–H and O–H groups in total. The van der Waals surface area contributed by atoms with Gasteiger partial charge in [0.1, 0.15) is 5.75 Å². The van der Waals surface area contributed by atoms with Crippen LogP contribution in [0.1, 0.15) is 10.4 Å². The molecule has 4 aromatic rings. The van der Waals surface area contributed by atoms with Crippen LogP contribution in [0.5, 0.6) is 5.75 Å². The number of nitrogens with zero attached hydrogens (tertiary/aromatic N) is 1. The first-order chi connectivity index (χ1) is 14.1. The second-order valence-corrected chi connectivity index (χ2v) is 6.30. The summed E-state index contributed by atoms with van der Waals surface area (Å²) in [7, 11) is 0. The van der Waals surface area contributed by atoms with E-state index < -0.39 is 6.61 Å². The van der Waals surface area contributed by atoms with Gasteiger partial charge < -0.3 is 10.1 Å². The van der Waals surface area contributed by atoms with Crippen LogP contribution >= 0.6 is 0 Å². The van der Waals surface area contributed by atoms with Crippen molar-refractivity contribution in [2.75, 3.05) is 5.32 Å². The maximum atomic E-state index is 13.0. The Labute approximate surface area is 165 Å². The fraction of sp³-hybridized carbons (Fsp3) is 0.0435. The van der Waals surface area contributed by atoms with E-state index in [9.17, 15) is 13.6 Å². The van der Waals surface area contributed by atoms with Gasteiger partial charge in [0, 0.05) is 16.6 Å². The number of carbonyl (C=O) groups excluding carboxylic acids is 1. The lowest BCUT2D eigenvalue weighted by Gasteiger charge is -2.11. The molecular weight excluding hydrogens is 374 g/mol. The van der Waals surface area contributed by atoms with E-state index in [1.807, 2.05) is 54.6 Å². The molecule has 3 aromatic carbocycles. The minimum atomic E-state index is -2.89. The molecule has 1 aromatic heterocycles. The Morgan fingerprint density at radius 3 is 2.31 bits per heavy atom. The van der Waals surface area contributed by atoms with Crippen LogP contribution in [0.4, 0.5) is 14.5 Å². The number of halogens is 2. The zero-order valence-electron chi connectivity index (χ0n) is 15.2. The van der Waals surface area contributed by atoms with Crippen molar-refractivity contribution in [2.45, 2.75) is 6.61 Å². The molecule has 0 aliphatic rings. The van der Waals surface area contributed by atoms with Crippen LogP contribution in [-0.2, 0) is 0 Å². The first-order valence-electron chi connectivity index (χ1n) is 8.91. The molecule has 0 aliphatic heterocycles. The molecule has 0 unspecified atom stereocenters. The summed E-state index contributed by atoms with van der Waals surface area (Å²) in [6, 6.07) is 24.5. The quantitative estimate of drug-likeness (QED) is 0.472. The molecule has 0 saturated heterocycles. The van der Waals surface area contributed by atoms with Crippen LogP contribution in [0.15, 0.2) is 84.9 Å². The highest BCUT2D eigenvalue weighted by molar-refractivity contribution is 6.13. The minimum Gasteiger partial charge on any atom is -0.435 e. The highest BCUT2D eigenvalue weighted by Crippen LogP contribution is 2.26. The molecule has 0 radical (unpaired) electrons. The number of anilines is 1. The second-order valence-electron chi connectivity index (χ2n) is 6.30. The minimum absolute atomic E-state index is 0.0266. The number of rotatable bonds is 5. The summed E-state index contributed by atoms with van der Waals surface area (Å²) in [5, 5.41) is 3.52. The number of nitrogens with one attached hydrogen (secondary N) is 1. The Bertz CT molecular complexity index is 1150. The lowest BCUT2D eigenvalue weighted by atomic mass is 10.0. The number of alkyl halides is 2. The van der Waals surface area contributed by atoms with E-state index in [4.69, 9.17) is 0 Å². The van der Waals surface area contributed by atoms with Gasteiger partial charge in [-0.3, -0.25) is 4.79 Å². The van der Waals surface area contributed by atoms with Crippen molar-refractivity contribution >= 4 is 22.5 Å². The van der Waals surface area contributed by atoms with Crippen molar-refractivity contribution in [1.29, 1.82) is 0 Å². The summed E-state index contributed by atoms with van der Waals surface area (Å²) < 4.78 is 28.9. The lowest BCUT2D eigenvalue weighted by molar-refractivity contribution is -0.0498. The summed E-state index contributed by atoms with van der Waals surface area (Å²) in [6.45, 7) is -2.89. The van der Waals surface area contributed by atoms with Gasteiger partial charge in [0.25, 0.3) is 5.91 Å². The average molecular weight is 390 g/mol. The van der Waals surface area contributed by atoms with E-state index in [0.29, 0.717) is 22.5 Å². The summed E-state index contributed by atoms with van der Waals surface area (Å²) >= 11 is 0. The molecule has 0 bridgehead atoms. The monoisotopic (exact) mass is 390 g/mol. The van der Waals surface area contributed by atoms with Crippen molar-refractivity contribution in [3.05, 3.63) is 90.5 Å². The van der Waals surface area contributed by atoms with E-state index in [0.717, 1.165) is 10.9 Å². The fourth-order valence-electron chi connectivity index (χ4n) is 3.04. The zero-order chi connectivity index (χ0) is 20.2. The third kappa shape index (κ3) is 4.21. The van der Waals surface area contributed by atoms with E-state index >= 15 is 0 Å². The van der Waals surface area contributed by atoms with Gasteiger partial charge in [-0.1, -0.05) is 48.5 Å². The van der Waals surface area contributed by atoms with Crippen molar-refractivity contribution in [2.24, 2.45) is 0 Å². The Morgan fingerprint density at radius 2 is 1.59 bits per heavy atom. The molecule has 1 amide bonds. The van der Waals surface area contributed by atoms with Gasteiger partial charge in [0.15, 0.2) is 0 Å². The van der Waals surface area contributed by atoms with Gasteiger partial charge in [-0.15, -0.1) is 0 Å². The lowest BCUT2D eigenvalue weighted by Crippen LogP contribution is -2.13. The summed E-state index contributed by atoms with van der Waals surface area (Å²) in [6.07, 6.45) is 0. The third-order valence-corrected chi connectivity index (χ3v) is 4.37. The Balaban J connectivity index is 1.68. The number of benzene rings is 3. The number of hydrogen-bond donors (Lipinski definition) is 1. The molecule has 4 rings (SSSR count). The van der Waals surface area contributed by atoms with E-state index in [1.165, 1.54) is 24.3 Å². The number of para-hydroxylation sites is 1. The van der Waals surface area contributed by atoms with Crippen LogP contribution in [-0.4, -0.2) is 17.5 Å². The molecule has 144 valence electrons. The standard InChI is InChI=1S/C23H16F2N2O2/c24-23(25)29-17-12-10-16(11-13-17)26-22(28)19-14-21(15-6-2-1-3-7-15)27-20-9-5-4-8-18(19)20/h1-14,23H,(H,26,28). The summed E-state index contributed by atoms with van der Waals surface area (Å²) in [4.78, 5) is 17.7. The van der Waals surface area contributed by atoms with Crippen LogP contribution in [0.25, 0.3) is 22.2 Å². The number of ether oxygens (including phenoxy) is 1.